The summed E-state index contributed by atoms with van der Waals surface area (Å²) in [5, 5.41) is 0. The van der Waals surface area contributed by atoms with E-state index in [1.807, 2.05) is 6.92 Å². The molecule has 0 heterocycles. The first-order chi connectivity index (χ1) is 9.61. The highest BCUT2D eigenvalue weighted by Crippen LogP contribution is 2.40. The van der Waals surface area contributed by atoms with E-state index in [9.17, 15) is 0 Å². The number of benzene rings is 1. The molecule has 0 aliphatic heterocycles. The molecular formula is C20H30O. The molecule has 0 aliphatic rings. The summed E-state index contributed by atoms with van der Waals surface area (Å²) in [6.45, 7) is 16.2. The van der Waals surface area contributed by atoms with Crippen LogP contribution in [0.5, 0.6) is 5.75 Å². The van der Waals surface area contributed by atoms with E-state index < -0.39 is 0 Å². The molecule has 0 atom stereocenters. The Balaban J connectivity index is 3.55. The molecule has 1 heteroatoms. The first-order valence-electron chi connectivity index (χ1n) is 7.85. The maximum absolute atomic E-state index is 6.04. The Morgan fingerprint density at radius 3 is 1.81 bits per heavy atom. The molecule has 116 valence electrons. The maximum Gasteiger partial charge on any atom is 0.126 e. The van der Waals surface area contributed by atoms with Gasteiger partial charge in [0.05, 0.1) is 6.61 Å². The molecule has 1 aromatic rings. The minimum Gasteiger partial charge on any atom is -0.493 e. The zero-order valence-electron chi connectivity index (χ0n) is 14.8. The average Bonchev–Trinajstić information content (AvgIpc) is 2.34. The van der Waals surface area contributed by atoms with Crippen LogP contribution in [0.2, 0.25) is 0 Å². The number of hydrogen-bond acceptors (Lipinski definition) is 1. The van der Waals surface area contributed by atoms with Gasteiger partial charge in [0.25, 0.3) is 0 Å². The molecule has 0 bridgehead atoms. The van der Waals surface area contributed by atoms with Crippen molar-refractivity contribution in [2.24, 2.45) is 0 Å². The van der Waals surface area contributed by atoms with E-state index in [2.05, 4.69) is 59.6 Å². The molecule has 0 fully saturated rings. The van der Waals surface area contributed by atoms with Crippen molar-refractivity contribution >= 4 is 0 Å². The summed E-state index contributed by atoms with van der Waals surface area (Å²) >= 11 is 0. The van der Waals surface area contributed by atoms with Gasteiger partial charge in [0.15, 0.2) is 0 Å². The predicted octanol–water partition coefficient (Wildman–Crippen LogP) is 5.25. The van der Waals surface area contributed by atoms with Gasteiger partial charge in [-0.15, -0.1) is 12.3 Å². The highest BCUT2D eigenvalue weighted by molar-refractivity contribution is 5.51. The molecule has 0 aliphatic carbocycles. The highest BCUT2D eigenvalue weighted by Gasteiger charge is 2.27. The zero-order valence-corrected chi connectivity index (χ0v) is 14.8. The fraction of sp³-hybridized carbons (Fsp3) is 0.600. The Hall–Kier alpha value is -1.42. The van der Waals surface area contributed by atoms with E-state index in [0.717, 1.165) is 18.6 Å². The van der Waals surface area contributed by atoms with Crippen LogP contribution in [-0.2, 0) is 17.3 Å². The Morgan fingerprint density at radius 1 is 1.00 bits per heavy atom. The number of aryl methyl sites for hydroxylation is 1. The third-order valence-electron chi connectivity index (χ3n) is 3.61. The van der Waals surface area contributed by atoms with Crippen LogP contribution in [0.1, 0.15) is 71.6 Å². The van der Waals surface area contributed by atoms with Crippen LogP contribution in [0.3, 0.4) is 0 Å². The van der Waals surface area contributed by atoms with Gasteiger partial charge >= 0.3 is 0 Å². The van der Waals surface area contributed by atoms with Crippen LogP contribution >= 0.6 is 0 Å². The maximum atomic E-state index is 6.04. The van der Waals surface area contributed by atoms with E-state index in [-0.39, 0.29) is 10.8 Å². The third-order valence-corrected chi connectivity index (χ3v) is 3.61. The quantitative estimate of drug-likeness (QED) is 0.687. The number of hydrogen-bond donors (Lipinski definition) is 0. The second kappa shape index (κ2) is 6.56. The molecule has 0 amide bonds. The monoisotopic (exact) mass is 286 g/mol. The van der Waals surface area contributed by atoms with Gasteiger partial charge in [0.2, 0.25) is 0 Å². The molecule has 0 saturated heterocycles. The Labute approximate surface area is 131 Å². The molecule has 0 radical (unpaired) electrons. The summed E-state index contributed by atoms with van der Waals surface area (Å²) < 4.78 is 6.04. The van der Waals surface area contributed by atoms with Crippen molar-refractivity contribution in [3.05, 3.63) is 28.8 Å². The standard InChI is InChI=1S/C20H30O/c1-9-11-12-15-13-16(19(3,4)5)18(21-10-2)17(14-15)20(6,7)8/h1,13-14H,10-12H2,2-8H3. The lowest BCUT2D eigenvalue weighted by atomic mass is 9.78. The molecule has 1 rings (SSSR count). The van der Waals surface area contributed by atoms with Crippen LogP contribution < -0.4 is 4.74 Å². The predicted molar refractivity (Wildman–Crippen MR) is 92.2 cm³/mol. The largest absolute Gasteiger partial charge is 0.493 e. The van der Waals surface area contributed by atoms with E-state index in [1.165, 1.54) is 16.7 Å². The molecule has 0 saturated carbocycles. The first kappa shape index (κ1) is 17.6. The van der Waals surface area contributed by atoms with E-state index in [1.54, 1.807) is 0 Å². The lowest BCUT2D eigenvalue weighted by Crippen LogP contribution is -2.20. The summed E-state index contributed by atoms with van der Waals surface area (Å²) in [5.41, 5.74) is 3.98. The van der Waals surface area contributed by atoms with E-state index in [0.29, 0.717) is 6.61 Å². The Kier molecular flexibility index (Phi) is 5.51. The first-order valence-corrected chi connectivity index (χ1v) is 7.85. The van der Waals surface area contributed by atoms with Crippen molar-refractivity contribution in [2.75, 3.05) is 6.61 Å². The summed E-state index contributed by atoms with van der Waals surface area (Å²) in [6, 6.07) is 4.55. The van der Waals surface area contributed by atoms with Gasteiger partial charge in [0.1, 0.15) is 5.75 Å². The van der Waals surface area contributed by atoms with Gasteiger partial charge in [-0.1, -0.05) is 53.7 Å². The van der Waals surface area contributed by atoms with Crippen LogP contribution in [0.4, 0.5) is 0 Å². The fourth-order valence-electron chi connectivity index (χ4n) is 2.46. The molecular weight excluding hydrogens is 256 g/mol. The number of rotatable bonds is 4. The molecule has 1 aromatic carbocycles. The lowest BCUT2D eigenvalue weighted by molar-refractivity contribution is 0.319. The number of ether oxygens (including phenoxy) is 1. The SMILES string of the molecule is C#CCCc1cc(C(C)(C)C)c(OCC)c(C(C)(C)C)c1. The van der Waals surface area contributed by atoms with E-state index in [4.69, 9.17) is 11.2 Å². The average molecular weight is 286 g/mol. The highest BCUT2D eigenvalue weighted by atomic mass is 16.5. The zero-order chi connectivity index (χ0) is 16.3. The summed E-state index contributed by atoms with van der Waals surface area (Å²) in [7, 11) is 0. The summed E-state index contributed by atoms with van der Waals surface area (Å²) in [4.78, 5) is 0. The number of terminal acetylenes is 1. The van der Waals surface area contributed by atoms with Crippen LogP contribution in [-0.4, -0.2) is 6.61 Å². The van der Waals surface area contributed by atoms with Crippen molar-refractivity contribution in [3.8, 4) is 18.1 Å². The van der Waals surface area contributed by atoms with Gasteiger partial charge in [-0.2, -0.15) is 0 Å². The van der Waals surface area contributed by atoms with Crippen molar-refractivity contribution in [1.29, 1.82) is 0 Å². The second-order valence-corrected chi connectivity index (χ2v) is 7.66. The van der Waals surface area contributed by atoms with Crippen LogP contribution in [0, 0.1) is 12.3 Å². The molecule has 0 unspecified atom stereocenters. The lowest BCUT2D eigenvalue weighted by Gasteiger charge is -2.30. The van der Waals surface area contributed by atoms with Gasteiger partial charge in [-0.25, -0.2) is 0 Å². The molecule has 21 heavy (non-hydrogen) atoms. The normalized spacial score (nSPS) is 12.1. The van der Waals surface area contributed by atoms with Gasteiger partial charge in [-0.05, 0) is 29.7 Å². The molecule has 0 N–H and O–H groups in total. The molecule has 0 aromatic heterocycles. The summed E-state index contributed by atoms with van der Waals surface area (Å²) in [5.74, 6) is 3.80. The second-order valence-electron chi connectivity index (χ2n) is 7.66. The Morgan fingerprint density at radius 2 is 1.48 bits per heavy atom. The van der Waals surface area contributed by atoms with Crippen LogP contribution in [0.25, 0.3) is 0 Å². The van der Waals surface area contributed by atoms with Crippen molar-refractivity contribution in [2.45, 2.75) is 72.1 Å². The minimum absolute atomic E-state index is 0.0522. The van der Waals surface area contributed by atoms with Crippen molar-refractivity contribution < 1.29 is 4.74 Å². The van der Waals surface area contributed by atoms with Crippen molar-refractivity contribution in [3.63, 3.8) is 0 Å². The Bertz CT molecular complexity index is 483. The van der Waals surface area contributed by atoms with Gasteiger partial charge in [-0.3, -0.25) is 0 Å². The summed E-state index contributed by atoms with van der Waals surface area (Å²) in [6.07, 6.45) is 7.13. The minimum atomic E-state index is 0.0522. The molecule has 1 nitrogen and oxygen atoms in total. The van der Waals surface area contributed by atoms with Crippen LogP contribution in [0.15, 0.2) is 12.1 Å². The fourth-order valence-corrected chi connectivity index (χ4v) is 2.46. The van der Waals surface area contributed by atoms with Gasteiger partial charge < -0.3 is 4.74 Å². The third kappa shape index (κ3) is 4.53. The van der Waals surface area contributed by atoms with Gasteiger partial charge in [0, 0.05) is 17.5 Å². The topological polar surface area (TPSA) is 9.23 Å². The van der Waals surface area contributed by atoms with E-state index >= 15 is 0 Å². The smallest absolute Gasteiger partial charge is 0.126 e. The van der Waals surface area contributed by atoms with Crippen molar-refractivity contribution in [1.82, 2.24) is 0 Å². The molecule has 0 spiro atoms.